The highest BCUT2D eigenvalue weighted by Gasteiger charge is 2.34. The zero-order chi connectivity index (χ0) is 14.0. The molecule has 1 heterocycles. The van der Waals surface area contributed by atoms with E-state index in [1.807, 2.05) is 18.2 Å². The first-order chi connectivity index (χ1) is 9.06. The minimum atomic E-state index is -0.505. The van der Waals surface area contributed by atoms with Gasteiger partial charge in [0.1, 0.15) is 12.2 Å². The second-order valence-electron chi connectivity index (χ2n) is 4.83. The molecule has 106 valence electrons. The molecule has 0 amide bonds. The summed E-state index contributed by atoms with van der Waals surface area (Å²) >= 11 is 3.45. The smallest absolute Gasteiger partial charge is 0.102 e. The number of ether oxygens (including phenoxy) is 2. The fourth-order valence-corrected chi connectivity index (χ4v) is 2.92. The van der Waals surface area contributed by atoms with Crippen LogP contribution < -0.4 is 4.90 Å². The first kappa shape index (κ1) is 14.8. The van der Waals surface area contributed by atoms with E-state index in [0.717, 1.165) is 28.8 Å². The van der Waals surface area contributed by atoms with Gasteiger partial charge in [0.05, 0.1) is 6.10 Å². The van der Waals surface area contributed by atoms with E-state index in [9.17, 15) is 5.11 Å². The summed E-state index contributed by atoms with van der Waals surface area (Å²) in [6.45, 7) is 3.33. The predicted octanol–water partition coefficient (Wildman–Crippen LogP) is 2.35. The van der Waals surface area contributed by atoms with E-state index in [4.69, 9.17) is 9.47 Å². The van der Waals surface area contributed by atoms with Gasteiger partial charge in [0.2, 0.25) is 0 Å². The van der Waals surface area contributed by atoms with Crippen LogP contribution in [-0.2, 0) is 9.47 Å². The van der Waals surface area contributed by atoms with Crippen molar-refractivity contribution in [1.29, 1.82) is 0 Å². The van der Waals surface area contributed by atoms with E-state index in [0.29, 0.717) is 0 Å². The molecule has 0 saturated carbocycles. The Bertz CT molecular complexity index is 427. The van der Waals surface area contributed by atoms with Crippen molar-refractivity contribution in [3.05, 3.63) is 28.2 Å². The lowest BCUT2D eigenvalue weighted by Gasteiger charge is -2.23. The minimum Gasteiger partial charge on any atom is -0.389 e. The second-order valence-corrected chi connectivity index (χ2v) is 5.75. The maximum absolute atomic E-state index is 9.93. The molecule has 1 aromatic rings. The summed E-state index contributed by atoms with van der Waals surface area (Å²) in [6, 6.07) is 5.97. The number of nitrogens with zero attached hydrogens (tertiary/aromatic N) is 1. The van der Waals surface area contributed by atoms with Gasteiger partial charge in [-0.05, 0) is 25.1 Å². The third kappa shape index (κ3) is 3.11. The quantitative estimate of drug-likeness (QED) is 0.920. The standard InChI is InChI=1S/C14H20BrNO3/c1-9(17)11-6-10(15)4-5-12(11)16-7-13(18-2)14(8-16)19-3/h4-6,9,13-14,17H,7-8H2,1-3H3. The molecule has 1 aromatic carbocycles. The van der Waals surface area contributed by atoms with Crippen LogP contribution in [0.15, 0.2) is 22.7 Å². The zero-order valence-electron chi connectivity index (χ0n) is 11.5. The van der Waals surface area contributed by atoms with Crippen molar-refractivity contribution in [3.63, 3.8) is 0 Å². The number of benzene rings is 1. The molecule has 1 aliphatic heterocycles. The van der Waals surface area contributed by atoms with Crippen molar-refractivity contribution in [1.82, 2.24) is 0 Å². The SMILES string of the molecule is COC1CN(c2ccc(Br)cc2C(C)O)CC1OC. The van der Waals surface area contributed by atoms with Gasteiger partial charge in [-0.15, -0.1) is 0 Å². The molecule has 1 fully saturated rings. The van der Waals surface area contributed by atoms with Crippen molar-refractivity contribution in [2.75, 3.05) is 32.2 Å². The van der Waals surface area contributed by atoms with Crippen LogP contribution in [0.25, 0.3) is 0 Å². The number of hydrogen-bond donors (Lipinski definition) is 1. The summed E-state index contributed by atoms with van der Waals surface area (Å²) in [5.41, 5.74) is 1.96. The fourth-order valence-electron chi connectivity index (χ4n) is 2.54. The van der Waals surface area contributed by atoms with Gasteiger partial charge in [-0.1, -0.05) is 15.9 Å². The molecule has 0 spiro atoms. The van der Waals surface area contributed by atoms with Crippen LogP contribution in [0.2, 0.25) is 0 Å². The van der Waals surface area contributed by atoms with Gasteiger partial charge < -0.3 is 19.5 Å². The summed E-state index contributed by atoms with van der Waals surface area (Å²) in [7, 11) is 3.41. The monoisotopic (exact) mass is 329 g/mol. The highest BCUT2D eigenvalue weighted by atomic mass is 79.9. The van der Waals surface area contributed by atoms with E-state index < -0.39 is 6.10 Å². The molecular formula is C14H20BrNO3. The van der Waals surface area contributed by atoms with Gasteiger partial charge in [0, 0.05) is 43.0 Å². The fraction of sp³-hybridized carbons (Fsp3) is 0.571. The third-order valence-electron chi connectivity index (χ3n) is 3.60. The van der Waals surface area contributed by atoms with Gasteiger partial charge in [-0.2, -0.15) is 0 Å². The van der Waals surface area contributed by atoms with Gasteiger partial charge >= 0.3 is 0 Å². The van der Waals surface area contributed by atoms with E-state index in [2.05, 4.69) is 20.8 Å². The Morgan fingerprint density at radius 2 is 1.84 bits per heavy atom. The lowest BCUT2D eigenvalue weighted by Crippen LogP contribution is -2.27. The summed E-state index contributed by atoms with van der Waals surface area (Å²) in [5, 5.41) is 9.93. The highest BCUT2D eigenvalue weighted by molar-refractivity contribution is 9.10. The van der Waals surface area contributed by atoms with Gasteiger partial charge in [-0.25, -0.2) is 0 Å². The van der Waals surface area contributed by atoms with Crippen LogP contribution in [0.3, 0.4) is 0 Å². The molecule has 19 heavy (non-hydrogen) atoms. The Balaban J connectivity index is 2.28. The molecule has 4 nitrogen and oxygen atoms in total. The van der Waals surface area contributed by atoms with E-state index in [-0.39, 0.29) is 12.2 Å². The molecule has 3 unspecified atom stereocenters. The second kappa shape index (κ2) is 6.22. The topological polar surface area (TPSA) is 41.9 Å². The van der Waals surface area contributed by atoms with E-state index in [1.54, 1.807) is 21.1 Å². The number of aliphatic hydroxyl groups excluding tert-OH is 1. The Morgan fingerprint density at radius 1 is 1.26 bits per heavy atom. The number of hydrogen-bond acceptors (Lipinski definition) is 4. The molecule has 0 aromatic heterocycles. The van der Waals surface area contributed by atoms with Gasteiger partial charge in [-0.3, -0.25) is 0 Å². The lowest BCUT2D eigenvalue weighted by atomic mass is 10.1. The molecular weight excluding hydrogens is 310 g/mol. The average Bonchev–Trinajstić information content (AvgIpc) is 2.81. The maximum atomic E-state index is 9.93. The van der Waals surface area contributed by atoms with Crippen molar-refractivity contribution in [2.24, 2.45) is 0 Å². The van der Waals surface area contributed by atoms with E-state index in [1.165, 1.54) is 0 Å². The van der Waals surface area contributed by atoms with E-state index >= 15 is 0 Å². The van der Waals surface area contributed by atoms with Crippen LogP contribution in [0.5, 0.6) is 0 Å². The largest absolute Gasteiger partial charge is 0.389 e. The number of anilines is 1. The van der Waals surface area contributed by atoms with Crippen molar-refractivity contribution >= 4 is 21.6 Å². The maximum Gasteiger partial charge on any atom is 0.102 e. The van der Waals surface area contributed by atoms with Crippen LogP contribution in [0, 0.1) is 0 Å². The summed E-state index contributed by atoms with van der Waals surface area (Å²) in [6.07, 6.45) is -0.374. The molecule has 0 bridgehead atoms. The summed E-state index contributed by atoms with van der Waals surface area (Å²) in [4.78, 5) is 2.21. The minimum absolute atomic E-state index is 0.0653. The molecule has 0 aliphatic carbocycles. The van der Waals surface area contributed by atoms with Crippen LogP contribution >= 0.6 is 15.9 Å². The molecule has 1 N–H and O–H groups in total. The van der Waals surface area contributed by atoms with Crippen molar-refractivity contribution < 1.29 is 14.6 Å². The normalized spacial score (nSPS) is 24.8. The first-order valence-corrected chi connectivity index (χ1v) is 7.14. The molecule has 1 aliphatic rings. The Labute approximate surface area is 122 Å². The van der Waals surface area contributed by atoms with Crippen LogP contribution in [0.1, 0.15) is 18.6 Å². The molecule has 0 radical (unpaired) electrons. The highest BCUT2D eigenvalue weighted by Crippen LogP contribution is 2.32. The van der Waals surface area contributed by atoms with Crippen molar-refractivity contribution in [3.8, 4) is 0 Å². The Kier molecular flexibility index (Phi) is 4.84. The third-order valence-corrected chi connectivity index (χ3v) is 4.09. The average molecular weight is 330 g/mol. The van der Waals surface area contributed by atoms with Gasteiger partial charge in [0.25, 0.3) is 0 Å². The van der Waals surface area contributed by atoms with Crippen LogP contribution in [0.4, 0.5) is 5.69 Å². The Hall–Kier alpha value is -0.620. The lowest BCUT2D eigenvalue weighted by molar-refractivity contribution is -0.00461. The molecule has 1 saturated heterocycles. The summed E-state index contributed by atoms with van der Waals surface area (Å²) in [5.74, 6) is 0. The molecule has 3 atom stereocenters. The number of aliphatic hydroxyl groups is 1. The predicted molar refractivity (Wildman–Crippen MR) is 78.6 cm³/mol. The summed E-state index contributed by atoms with van der Waals surface area (Å²) < 4.78 is 11.9. The van der Waals surface area contributed by atoms with Crippen molar-refractivity contribution in [2.45, 2.75) is 25.2 Å². The first-order valence-electron chi connectivity index (χ1n) is 6.35. The van der Waals surface area contributed by atoms with Gasteiger partial charge in [0.15, 0.2) is 0 Å². The Morgan fingerprint density at radius 3 is 2.32 bits per heavy atom. The number of halogens is 1. The van der Waals surface area contributed by atoms with Crippen LogP contribution in [-0.4, -0.2) is 44.6 Å². The number of methoxy groups -OCH3 is 2. The molecule has 5 heteroatoms. The number of rotatable bonds is 4. The zero-order valence-corrected chi connectivity index (χ0v) is 13.1. The molecule has 2 rings (SSSR count).